The minimum Gasteiger partial charge on any atom is -0.444 e. The Morgan fingerprint density at radius 1 is 1.32 bits per heavy atom. The maximum absolute atomic E-state index is 12.3. The van der Waals surface area contributed by atoms with Gasteiger partial charge in [-0.15, -0.1) is 0 Å². The topological polar surface area (TPSA) is 73.8 Å². The summed E-state index contributed by atoms with van der Waals surface area (Å²) in [6.45, 7) is 10.0. The Morgan fingerprint density at radius 2 is 2.08 bits per heavy atom. The van der Waals surface area contributed by atoms with Crippen molar-refractivity contribution in [1.82, 2.24) is 15.5 Å². The first-order valence-electron chi connectivity index (χ1n) is 9.89. The summed E-state index contributed by atoms with van der Waals surface area (Å²) in [6, 6.07) is 1.18. The standard InChI is InChI=1S/C19H37N3O3/c1-14(23)13-22(18(24)25-19(2,3)4)12-11-21-16-8-5-7-15(16)17-9-6-10-20-17/h14-17,20-21,23H,5-13H2,1-4H3. The third-order valence-electron chi connectivity index (χ3n) is 5.11. The van der Waals surface area contributed by atoms with Crippen molar-refractivity contribution in [2.24, 2.45) is 5.92 Å². The van der Waals surface area contributed by atoms with Gasteiger partial charge >= 0.3 is 6.09 Å². The lowest BCUT2D eigenvalue weighted by Gasteiger charge is -2.30. The molecule has 0 radical (unpaired) electrons. The van der Waals surface area contributed by atoms with Crippen LogP contribution in [0.15, 0.2) is 0 Å². The lowest BCUT2D eigenvalue weighted by atomic mass is 9.93. The molecule has 4 atom stereocenters. The molecule has 0 aromatic carbocycles. The van der Waals surface area contributed by atoms with E-state index in [1.165, 1.54) is 32.1 Å². The number of rotatable bonds is 7. The Hall–Kier alpha value is -0.850. The van der Waals surface area contributed by atoms with Crippen molar-refractivity contribution in [2.75, 3.05) is 26.2 Å². The van der Waals surface area contributed by atoms with Crippen LogP contribution in [0.5, 0.6) is 0 Å². The number of ether oxygens (including phenoxy) is 1. The Morgan fingerprint density at radius 3 is 2.68 bits per heavy atom. The van der Waals surface area contributed by atoms with Gasteiger partial charge in [-0.1, -0.05) is 6.42 Å². The number of hydrogen-bond acceptors (Lipinski definition) is 5. The predicted octanol–water partition coefficient (Wildman–Crippen LogP) is 2.11. The van der Waals surface area contributed by atoms with Gasteiger partial charge in [0.05, 0.1) is 6.10 Å². The first-order chi connectivity index (χ1) is 11.8. The fourth-order valence-electron chi connectivity index (χ4n) is 4.09. The summed E-state index contributed by atoms with van der Waals surface area (Å²) in [4.78, 5) is 14.0. The Kier molecular flexibility index (Phi) is 7.52. The van der Waals surface area contributed by atoms with Crippen molar-refractivity contribution in [2.45, 2.75) is 83.6 Å². The number of amides is 1. The maximum Gasteiger partial charge on any atom is 0.410 e. The number of aliphatic hydroxyl groups excluding tert-OH is 1. The van der Waals surface area contributed by atoms with E-state index in [9.17, 15) is 9.90 Å². The molecule has 1 aliphatic heterocycles. The average Bonchev–Trinajstić information content (AvgIpc) is 3.14. The van der Waals surface area contributed by atoms with Gasteiger partial charge in [-0.05, 0) is 65.8 Å². The normalized spacial score (nSPS) is 28.1. The largest absolute Gasteiger partial charge is 0.444 e. The van der Waals surface area contributed by atoms with Crippen molar-refractivity contribution in [3.63, 3.8) is 0 Å². The third-order valence-corrected chi connectivity index (χ3v) is 5.11. The number of hydrogen-bond donors (Lipinski definition) is 3. The smallest absolute Gasteiger partial charge is 0.410 e. The molecule has 1 saturated carbocycles. The lowest BCUT2D eigenvalue weighted by molar-refractivity contribution is 0.0162. The zero-order valence-corrected chi connectivity index (χ0v) is 16.4. The molecule has 4 unspecified atom stereocenters. The molecule has 0 aromatic heterocycles. The van der Waals surface area contributed by atoms with E-state index in [0.29, 0.717) is 31.1 Å². The van der Waals surface area contributed by atoms with Crippen LogP contribution in [0.2, 0.25) is 0 Å². The Bertz CT molecular complexity index is 417. The zero-order valence-electron chi connectivity index (χ0n) is 16.4. The predicted molar refractivity (Wildman–Crippen MR) is 99.6 cm³/mol. The molecule has 1 heterocycles. The molecule has 146 valence electrons. The van der Waals surface area contributed by atoms with Crippen LogP contribution in [0, 0.1) is 5.92 Å². The molecule has 1 saturated heterocycles. The van der Waals surface area contributed by atoms with Crippen molar-refractivity contribution in [3.8, 4) is 0 Å². The van der Waals surface area contributed by atoms with Crippen LogP contribution < -0.4 is 10.6 Å². The third kappa shape index (κ3) is 6.76. The molecule has 6 nitrogen and oxygen atoms in total. The summed E-state index contributed by atoms with van der Waals surface area (Å²) in [5.74, 6) is 0.703. The summed E-state index contributed by atoms with van der Waals surface area (Å²) in [6.07, 6.45) is 5.45. The SMILES string of the molecule is CC(O)CN(CCNC1CCCC1C1CCCN1)C(=O)OC(C)(C)C. The fraction of sp³-hybridized carbons (Fsp3) is 0.947. The second-order valence-corrected chi connectivity index (χ2v) is 8.63. The van der Waals surface area contributed by atoms with Gasteiger partial charge in [0, 0.05) is 31.7 Å². The van der Waals surface area contributed by atoms with Crippen molar-refractivity contribution in [1.29, 1.82) is 0 Å². The highest BCUT2D eigenvalue weighted by Crippen LogP contribution is 2.31. The summed E-state index contributed by atoms with van der Waals surface area (Å²) in [5, 5.41) is 17.0. The van der Waals surface area contributed by atoms with Crippen LogP contribution in [0.3, 0.4) is 0 Å². The molecule has 25 heavy (non-hydrogen) atoms. The van der Waals surface area contributed by atoms with Crippen LogP contribution in [-0.2, 0) is 4.74 Å². The van der Waals surface area contributed by atoms with E-state index in [-0.39, 0.29) is 6.09 Å². The Balaban J connectivity index is 1.81. The van der Waals surface area contributed by atoms with Crippen molar-refractivity contribution >= 4 is 6.09 Å². The number of carbonyl (C=O) groups is 1. The minimum atomic E-state index is -0.561. The molecule has 1 amide bonds. The van der Waals surface area contributed by atoms with E-state index in [1.807, 2.05) is 20.8 Å². The summed E-state index contributed by atoms with van der Waals surface area (Å²) in [7, 11) is 0. The van der Waals surface area contributed by atoms with Crippen LogP contribution in [0.1, 0.15) is 59.8 Å². The molecule has 0 aromatic rings. The summed E-state index contributed by atoms with van der Waals surface area (Å²) >= 11 is 0. The van der Waals surface area contributed by atoms with Gasteiger partial charge < -0.3 is 25.4 Å². The molecule has 2 aliphatic rings. The summed E-state index contributed by atoms with van der Waals surface area (Å²) < 4.78 is 5.46. The molecule has 6 heteroatoms. The molecule has 2 rings (SSSR count). The highest BCUT2D eigenvalue weighted by Gasteiger charge is 2.34. The first kappa shape index (κ1) is 20.5. The number of nitrogens with one attached hydrogen (secondary N) is 2. The van der Waals surface area contributed by atoms with E-state index in [1.54, 1.807) is 11.8 Å². The second kappa shape index (κ2) is 9.19. The van der Waals surface area contributed by atoms with E-state index in [4.69, 9.17) is 4.74 Å². The molecule has 2 fully saturated rings. The highest BCUT2D eigenvalue weighted by molar-refractivity contribution is 5.68. The van der Waals surface area contributed by atoms with Gasteiger partial charge in [-0.3, -0.25) is 0 Å². The van der Waals surface area contributed by atoms with Gasteiger partial charge in [0.2, 0.25) is 0 Å². The number of nitrogens with zero attached hydrogens (tertiary/aromatic N) is 1. The monoisotopic (exact) mass is 355 g/mol. The van der Waals surface area contributed by atoms with Gasteiger partial charge in [0.15, 0.2) is 0 Å². The molecule has 0 spiro atoms. The number of aliphatic hydroxyl groups is 1. The first-order valence-corrected chi connectivity index (χ1v) is 9.89. The Labute approximate surface area is 152 Å². The van der Waals surface area contributed by atoms with Crippen molar-refractivity contribution < 1.29 is 14.6 Å². The number of carbonyl (C=O) groups excluding carboxylic acids is 1. The molecule has 3 N–H and O–H groups in total. The summed E-state index contributed by atoms with van der Waals surface area (Å²) in [5.41, 5.74) is -0.522. The average molecular weight is 356 g/mol. The second-order valence-electron chi connectivity index (χ2n) is 8.63. The van der Waals surface area contributed by atoms with Gasteiger partial charge in [-0.2, -0.15) is 0 Å². The maximum atomic E-state index is 12.3. The van der Waals surface area contributed by atoms with Crippen LogP contribution in [0.4, 0.5) is 4.79 Å². The van der Waals surface area contributed by atoms with Crippen molar-refractivity contribution in [3.05, 3.63) is 0 Å². The van der Waals surface area contributed by atoms with E-state index in [2.05, 4.69) is 10.6 Å². The highest BCUT2D eigenvalue weighted by atomic mass is 16.6. The fourth-order valence-corrected chi connectivity index (χ4v) is 4.09. The lowest BCUT2D eigenvalue weighted by Crippen LogP contribution is -2.47. The zero-order chi connectivity index (χ0) is 18.4. The van der Waals surface area contributed by atoms with E-state index < -0.39 is 11.7 Å². The van der Waals surface area contributed by atoms with Gasteiger partial charge in [0.25, 0.3) is 0 Å². The van der Waals surface area contributed by atoms with E-state index in [0.717, 1.165) is 13.1 Å². The van der Waals surface area contributed by atoms with Crippen LogP contribution in [0.25, 0.3) is 0 Å². The van der Waals surface area contributed by atoms with Gasteiger partial charge in [0.1, 0.15) is 5.60 Å². The molecular weight excluding hydrogens is 318 g/mol. The van der Waals surface area contributed by atoms with E-state index >= 15 is 0 Å². The molecular formula is C19H37N3O3. The molecule has 0 bridgehead atoms. The quantitative estimate of drug-likeness (QED) is 0.652. The minimum absolute atomic E-state index is 0.300. The van der Waals surface area contributed by atoms with Crippen LogP contribution >= 0.6 is 0 Å². The van der Waals surface area contributed by atoms with Gasteiger partial charge in [-0.25, -0.2) is 4.79 Å². The molecule has 1 aliphatic carbocycles. The van der Waals surface area contributed by atoms with Crippen LogP contribution in [-0.4, -0.2) is 66.1 Å².